The Morgan fingerprint density at radius 3 is 2.62 bits per heavy atom. The first-order valence-electron chi connectivity index (χ1n) is 8.53. The molecule has 0 spiro atoms. The molecule has 1 aromatic rings. The Bertz CT molecular complexity index is 581. The third-order valence-electron chi connectivity index (χ3n) is 4.50. The van der Waals surface area contributed by atoms with E-state index in [1.807, 2.05) is 12.1 Å². The second-order valence-electron chi connectivity index (χ2n) is 6.21. The predicted octanol–water partition coefficient (Wildman–Crippen LogP) is 1.43. The Hall–Kier alpha value is -1.92. The van der Waals surface area contributed by atoms with Crippen molar-refractivity contribution in [3.05, 3.63) is 29.8 Å². The molecular weight excluding hydrogens is 308 g/mol. The highest BCUT2D eigenvalue weighted by Crippen LogP contribution is 2.26. The summed E-state index contributed by atoms with van der Waals surface area (Å²) in [6.07, 6.45) is 0.231. The van der Waals surface area contributed by atoms with Crippen molar-refractivity contribution < 1.29 is 19.1 Å². The number of nitrogens with zero attached hydrogens (tertiary/aromatic N) is 2. The number of carbonyl (C=O) groups is 2. The van der Waals surface area contributed by atoms with Crippen molar-refractivity contribution in [2.24, 2.45) is 5.92 Å². The highest BCUT2D eigenvalue weighted by atomic mass is 16.5. The number of anilines is 1. The lowest BCUT2D eigenvalue weighted by atomic mass is 10.1. The zero-order chi connectivity index (χ0) is 16.9. The topological polar surface area (TPSA) is 59.1 Å². The number of esters is 1. The van der Waals surface area contributed by atoms with Crippen LogP contribution in [0.2, 0.25) is 0 Å². The first-order valence-corrected chi connectivity index (χ1v) is 8.53. The fourth-order valence-corrected chi connectivity index (χ4v) is 3.17. The summed E-state index contributed by atoms with van der Waals surface area (Å²) in [6, 6.07) is 8.02. The SMILES string of the molecule is CCOC(=O)[C@H]1CC(=O)N(c2ccc(CN3CCOCC3)cc2)C1. The summed E-state index contributed by atoms with van der Waals surface area (Å²) in [6.45, 7) is 6.90. The molecule has 0 N–H and O–H groups in total. The molecule has 1 amide bonds. The Balaban J connectivity index is 1.60. The van der Waals surface area contributed by atoms with Gasteiger partial charge in [-0.2, -0.15) is 0 Å². The van der Waals surface area contributed by atoms with E-state index in [1.54, 1.807) is 11.8 Å². The molecule has 0 radical (unpaired) electrons. The van der Waals surface area contributed by atoms with Crippen LogP contribution in [-0.4, -0.2) is 56.2 Å². The molecule has 0 bridgehead atoms. The van der Waals surface area contributed by atoms with Crippen LogP contribution >= 0.6 is 0 Å². The standard InChI is InChI=1S/C18H24N2O4/c1-2-24-18(22)15-11-17(21)20(13-15)16-5-3-14(4-6-16)12-19-7-9-23-10-8-19/h3-6,15H,2,7-13H2,1H3/t15-/m0/s1. The van der Waals surface area contributed by atoms with Crippen LogP contribution < -0.4 is 4.90 Å². The lowest BCUT2D eigenvalue weighted by Gasteiger charge is -2.26. The summed E-state index contributed by atoms with van der Waals surface area (Å²) < 4.78 is 10.4. The van der Waals surface area contributed by atoms with E-state index in [0.717, 1.165) is 38.5 Å². The van der Waals surface area contributed by atoms with E-state index in [0.29, 0.717) is 13.2 Å². The van der Waals surface area contributed by atoms with Crippen LogP contribution in [0, 0.1) is 5.92 Å². The van der Waals surface area contributed by atoms with Crippen LogP contribution in [-0.2, 0) is 25.6 Å². The highest BCUT2D eigenvalue weighted by Gasteiger charge is 2.35. The number of rotatable bonds is 5. The van der Waals surface area contributed by atoms with Crippen LogP contribution in [0.5, 0.6) is 0 Å². The van der Waals surface area contributed by atoms with Gasteiger partial charge < -0.3 is 14.4 Å². The van der Waals surface area contributed by atoms with E-state index in [-0.39, 0.29) is 24.2 Å². The number of carbonyl (C=O) groups excluding carboxylic acids is 2. The van der Waals surface area contributed by atoms with E-state index in [4.69, 9.17) is 9.47 Å². The molecule has 1 aromatic carbocycles. The van der Waals surface area contributed by atoms with Crippen molar-refractivity contribution in [3.8, 4) is 0 Å². The van der Waals surface area contributed by atoms with E-state index < -0.39 is 0 Å². The third-order valence-corrected chi connectivity index (χ3v) is 4.50. The van der Waals surface area contributed by atoms with E-state index in [2.05, 4.69) is 17.0 Å². The maximum absolute atomic E-state index is 12.2. The predicted molar refractivity (Wildman–Crippen MR) is 89.6 cm³/mol. The summed E-state index contributed by atoms with van der Waals surface area (Å²) in [5, 5.41) is 0. The maximum atomic E-state index is 12.2. The molecule has 0 saturated carbocycles. The number of hydrogen-bond donors (Lipinski definition) is 0. The van der Waals surface area contributed by atoms with Crippen LogP contribution in [0.1, 0.15) is 18.9 Å². The molecule has 0 aliphatic carbocycles. The van der Waals surface area contributed by atoms with Gasteiger partial charge in [-0.1, -0.05) is 12.1 Å². The van der Waals surface area contributed by atoms with Gasteiger partial charge in [-0.3, -0.25) is 14.5 Å². The van der Waals surface area contributed by atoms with Gasteiger partial charge in [0.1, 0.15) is 0 Å². The number of morpholine rings is 1. The fourth-order valence-electron chi connectivity index (χ4n) is 3.17. The van der Waals surface area contributed by atoms with Crippen molar-refractivity contribution in [2.45, 2.75) is 19.9 Å². The van der Waals surface area contributed by atoms with Gasteiger partial charge in [-0.15, -0.1) is 0 Å². The minimum absolute atomic E-state index is 0.0195. The molecule has 24 heavy (non-hydrogen) atoms. The third kappa shape index (κ3) is 3.94. The van der Waals surface area contributed by atoms with Crippen LogP contribution in [0.15, 0.2) is 24.3 Å². The molecule has 2 fully saturated rings. The summed E-state index contributed by atoms with van der Waals surface area (Å²) in [7, 11) is 0. The molecule has 2 saturated heterocycles. The second kappa shape index (κ2) is 7.77. The van der Waals surface area contributed by atoms with Crippen molar-refractivity contribution in [1.29, 1.82) is 0 Å². The molecule has 0 unspecified atom stereocenters. The Labute approximate surface area is 142 Å². The second-order valence-corrected chi connectivity index (χ2v) is 6.21. The van der Waals surface area contributed by atoms with Crippen LogP contribution in [0.3, 0.4) is 0 Å². The van der Waals surface area contributed by atoms with Crippen molar-refractivity contribution in [3.63, 3.8) is 0 Å². The van der Waals surface area contributed by atoms with E-state index in [9.17, 15) is 9.59 Å². The maximum Gasteiger partial charge on any atom is 0.311 e. The highest BCUT2D eigenvalue weighted by molar-refractivity contribution is 5.99. The van der Waals surface area contributed by atoms with Gasteiger partial charge in [0.25, 0.3) is 0 Å². The van der Waals surface area contributed by atoms with Gasteiger partial charge in [0, 0.05) is 38.3 Å². The largest absolute Gasteiger partial charge is 0.466 e. The Morgan fingerprint density at radius 2 is 1.96 bits per heavy atom. The van der Waals surface area contributed by atoms with Crippen molar-refractivity contribution in [1.82, 2.24) is 4.90 Å². The smallest absolute Gasteiger partial charge is 0.311 e. The molecule has 2 heterocycles. The minimum atomic E-state index is -0.356. The van der Waals surface area contributed by atoms with Gasteiger partial charge in [-0.05, 0) is 24.6 Å². The number of benzene rings is 1. The normalized spacial score (nSPS) is 22.0. The number of amides is 1. The van der Waals surface area contributed by atoms with E-state index in [1.165, 1.54) is 5.56 Å². The van der Waals surface area contributed by atoms with Gasteiger partial charge >= 0.3 is 5.97 Å². The minimum Gasteiger partial charge on any atom is -0.466 e. The Morgan fingerprint density at radius 1 is 1.25 bits per heavy atom. The van der Waals surface area contributed by atoms with Gasteiger partial charge in [0.15, 0.2) is 0 Å². The number of ether oxygens (including phenoxy) is 2. The molecule has 1 atom stereocenters. The zero-order valence-corrected chi connectivity index (χ0v) is 14.1. The molecule has 6 heteroatoms. The molecule has 2 aliphatic heterocycles. The summed E-state index contributed by atoms with van der Waals surface area (Å²) in [4.78, 5) is 28.1. The average Bonchev–Trinajstić information content (AvgIpc) is 2.99. The van der Waals surface area contributed by atoms with Crippen molar-refractivity contribution >= 4 is 17.6 Å². The molecule has 3 rings (SSSR count). The average molecular weight is 332 g/mol. The van der Waals surface area contributed by atoms with Crippen molar-refractivity contribution in [2.75, 3.05) is 44.4 Å². The fraction of sp³-hybridized carbons (Fsp3) is 0.556. The molecule has 0 aromatic heterocycles. The van der Waals surface area contributed by atoms with Gasteiger partial charge in [0.05, 0.1) is 25.7 Å². The van der Waals surface area contributed by atoms with E-state index >= 15 is 0 Å². The van der Waals surface area contributed by atoms with Crippen LogP contribution in [0.4, 0.5) is 5.69 Å². The zero-order valence-electron chi connectivity index (χ0n) is 14.1. The van der Waals surface area contributed by atoms with Gasteiger partial charge in [0.2, 0.25) is 5.91 Å². The summed E-state index contributed by atoms with van der Waals surface area (Å²) in [5.74, 6) is -0.656. The summed E-state index contributed by atoms with van der Waals surface area (Å²) in [5.41, 5.74) is 2.06. The quantitative estimate of drug-likeness (QED) is 0.764. The molecule has 6 nitrogen and oxygen atoms in total. The van der Waals surface area contributed by atoms with Crippen LogP contribution in [0.25, 0.3) is 0 Å². The molecule has 130 valence electrons. The number of hydrogen-bond acceptors (Lipinski definition) is 5. The first-order chi connectivity index (χ1) is 11.7. The monoisotopic (exact) mass is 332 g/mol. The first kappa shape index (κ1) is 16.9. The molecular formula is C18H24N2O4. The Kier molecular flexibility index (Phi) is 5.48. The summed E-state index contributed by atoms with van der Waals surface area (Å²) >= 11 is 0. The van der Waals surface area contributed by atoms with Gasteiger partial charge in [-0.25, -0.2) is 0 Å². The molecule has 2 aliphatic rings. The lowest BCUT2D eigenvalue weighted by molar-refractivity contribution is -0.147. The lowest BCUT2D eigenvalue weighted by Crippen LogP contribution is -2.35.